The fourth-order valence-corrected chi connectivity index (χ4v) is 0.989. The van der Waals surface area contributed by atoms with Crippen molar-refractivity contribution in [1.29, 1.82) is 0 Å². The quantitative estimate of drug-likeness (QED) is 0.767. The summed E-state index contributed by atoms with van der Waals surface area (Å²) in [6.07, 6.45) is 4.15. The van der Waals surface area contributed by atoms with E-state index in [0.717, 1.165) is 6.08 Å². The van der Waals surface area contributed by atoms with Crippen molar-refractivity contribution in [2.75, 3.05) is 0 Å². The van der Waals surface area contributed by atoms with Crippen LogP contribution in [0.25, 0.3) is 6.08 Å². The number of carboxylic acid groups (broad SMARTS) is 1. The lowest BCUT2D eigenvalue weighted by Gasteiger charge is -2.08. The second kappa shape index (κ2) is 5.14. The summed E-state index contributed by atoms with van der Waals surface area (Å²) >= 11 is 0. The normalized spacial score (nSPS) is 10.9. The molecule has 0 radical (unpaired) electrons. The molecule has 0 bridgehead atoms. The Labute approximate surface area is 88.2 Å². The Morgan fingerprint density at radius 2 is 2.27 bits per heavy atom. The highest BCUT2D eigenvalue weighted by atomic mass is 16.5. The summed E-state index contributed by atoms with van der Waals surface area (Å²) in [7, 11) is 0. The number of aromatic nitrogens is 1. The van der Waals surface area contributed by atoms with Crippen LogP contribution in [0.1, 0.15) is 19.5 Å². The molecule has 1 heterocycles. The van der Waals surface area contributed by atoms with Gasteiger partial charge in [-0.15, -0.1) is 0 Å². The highest BCUT2D eigenvalue weighted by Crippen LogP contribution is 2.11. The molecule has 0 fully saturated rings. The number of carboxylic acids is 1. The second-order valence-corrected chi connectivity index (χ2v) is 3.26. The van der Waals surface area contributed by atoms with Gasteiger partial charge in [0, 0.05) is 6.08 Å². The molecule has 0 aromatic carbocycles. The van der Waals surface area contributed by atoms with Crippen molar-refractivity contribution in [2.45, 2.75) is 20.0 Å². The Bertz CT molecular complexity index is 355. The van der Waals surface area contributed by atoms with E-state index in [1.54, 1.807) is 18.3 Å². The lowest BCUT2D eigenvalue weighted by molar-refractivity contribution is -0.131. The maximum Gasteiger partial charge on any atom is 0.328 e. The smallest absolute Gasteiger partial charge is 0.328 e. The van der Waals surface area contributed by atoms with Crippen molar-refractivity contribution < 1.29 is 14.6 Å². The molecule has 0 amide bonds. The third-order valence-corrected chi connectivity index (χ3v) is 1.53. The number of ether oxygens (including phenoxy) is 1. The minimum absolute atomic E-state index is 0.104. The van der Waals surface area contributed by atoms with Gasteiger partial charge >= 0.3 is 5.97 Å². The van der Waals surface area contributed by atoms with Gasteiger partial charge < -0.3 is 9.84 Å². The third kappa shape index (κ3) is 4.26. The van der Waals surface area contributed by atoms with Crippen LogP contribution in [0, 0.1) is 0 Å². The average Bonchev–Trinajstić information content (AvgIpc) is 2.16. The van der Waals surface area contributed by atoms with Crippen LogP contribution >= 0.6 is 0 Å². The summed E-state index contributed by atoms with van der Waals surface area (Å²) in [5.74, 6) is -0.309. The molecule has 0 saturated heterocycles. The molecule has 0 unspecified atom stereocenters. The average molecular weight is 207 g/mol. The van der Waals surface area contributed by atoms with Crippen LogP contribution < -0.4 is 4.74 Å². The van der Waals surface area contributed by atoms with Crippen LogP contribution in [0.5, 0.6) is 5.75 Å². The zero-order valence-electron chi connectivity index (χ0n) is 8.68. The molecule has 1 aromatic rings. The molecule has 4 heteroatoms. The van der Waals surface area contributed by atoms with Gasteiger partial charge in [0.15, 0.2) is 0 Å². The van der Waals surface area contributed by atoms with Crippen LogP contribution in [0.15, 0.2) is 24.4 Å². The number of hydrogen-bond donors (Lipinski definition) is 1. The first-order valence-corrected chi connectivity index (χ1v) is 4.61. The zero-order valence-corrected chi connectivity index (χ0v) is 8.68. The van der Waals surface area contributed by atoms with Gasteiger partial charge in [0.05, 0.1) is 18.0 Å². The number of hydrogen-bond acceptors (Lipinski definition) is 3. The predicted octanol–water partition coefficient (Wildman–Crippen LogP) is 1.97. The van der Waals surface area contributed by atoms with E-state index in [1.165, 1.54) is 6.08 Å². The van der Waals surface area contributed by atoms with Gasteiger partial charge in [-0.25, -0.2) is 4.79 Å². The second-order valence-electron chi connectivity index (χ2n) is 3.26. The van der Waals surface area contributed by atoms with E-state index >= 15 is 0 Å². The first kappa shape index (κ1) is 11.2. The van der Waals surface area contributed by atoms with Crippen molar-refractivity contribution in [3.05, 3.63) is 30.1 Å². The maximum absolute atomic E-state index is 10.2. The number of carbonyl (C=O) groups is 1. The minimum Gasteiger partial charge on any atom is -0.489 e. The molecule has 80 valence electrons. The standard InChI is InChI=1S/C11H13NO3/c1-8(2)15-10-5-3-9(12-7-10)4-6-11(13)14/h3-8H,1-2H3,(H,13,14). The molecular formula is C11H13NO3. The number of nitrogens with zero attached hydrogens (tertiary/aromatic N) is 1. The minimum atomic E-state index is -0.987. The lowest BCUT2D eigenvalue weighted by atomic mass is 10.3. The molecule has 1 rings (SSSR count). The molecule has 0 atom stereocenters. The fraction of sp³-hybridized carbons (Fsp3) is 0.273. The van der Waals surface area contributed by atoms with Crippen molar-refractivity contribution >= 4 is 12.0 Å². The van der Waals surface area contributed by atoms with Crippen LogP contribution in [-0.2, 0) is 4.79 Å². The van der Waals surface area contributed by atoms with E-state index in [2.05, 4.69) is 4.98 Å². The van der Waals surface area contributed by atoms with E-state index in [-0.39, 0.29) is 6.10 Å². The SMILES string of the molecule is CC(C)Oc1ccc(C=CC(=O)O)nc1. The van der Waals surface area contributed by atoms with Gasteiger partial charge in [-0.3, -0.25) is 4.98 Å². The highest BCUT2D eigenvalue weighted by Gasteiger charge is 1.97. The molecule has 4 nitrogen and oxygen atoms in total. The molecule has 15 heavy (non-hydrogen) atoms. The Balaban J connectivity index is 2.68. The number of rotatable bonds is 4. The van der Waals surface area contributed by atoms with E-state index in [4.69, 9.17) is 9.84 Å². The van der Waals surface area contributed by atoms with E-state index in [9.17, 15) is 4.79 Å². The summed E-state index contributed by atoms with van der Waals surface area (Å²) in [6, 6.07) is 3.46. The molecule has 1 aromatic heterocycles. The highest BCUT2D eigenvalue weighted by molar-refractivity contribution is 5.84. The molecule has 0 aliphatic heterocycles. The third-order valence-electron chi connectivity index (χ3n) is 1.53. The Morgan fingerprint density at radius 1 is 1.53 bits per heavy atom. The van der Waals surface area contributed by atoms with E-state index in [0.29, 0.717) is 11.4 Å². The van der Waals surface area contributed by atoms with Crippen molar-refractivity contribution in [1.82, 2.24) is 4.98 Å². The largest absolute Gasteiger partial charge is 0.489 e. The first-order valence-electron chi connectivity index (χ1n) is 4.61. The first-order chi connectivity index (χ1) is 7.08. The molecular weight excluding hydrogens is 194 g/mol. The summed E-state index contributed by atoms with van der Waals surface area (Å²) in [4.78, 5) is 14.3. The fourth-order valence-electron chi connectivity index (χ4n) is 0.989. The molecule has 0 aliphatic rings. The van der Waals surface area contributed by atoms with Crippen LogP contribution in [-0.4, -0.2) is 22.2 Å². The number of aliphatic carboxylic acids is 1. The Hall–Kier alpha value is -1.84. The van der Waals surface area contributed by atoms with E-state index < -0.39 is 5.97 Å². The number of pyridine rings is 1. The van der Waals surface area contributed by atoms with Crippen LogP contribution in [0.2, 0.25) is 0 Å². The Kier molecular flexibility index (Phi) is 3.85. The maximum atomic E-state index is 10.2. The summed E-state index contributed by atoms with van der Waals surface area (Å²) < 4.78 is 5.39. The van der Waals surface area contributed by atoms with Crippen molar-refractivity contribution in [2.24, 2.45) is 0 Å². The van der Waals surface area contributed by atoms with Crippen molar-refractivity contribution in [3.8, 4) is 5.75 Å². The van der Waals surface area contributed by atoms with Crippen LogP contribution in [0.4, 0.5) is 0 Å². The van der Waals surface area contributed by atoms with E-state index in [1.807, 2.05) is 13.8 Å². The molecule has 0 spiro atoms. The lowest BCUT2D eigenvalue weighted by Crippen LogP contribution is -2.05. The monoisotopic (exact) mass is 207 g/mol. The van der Waals surface area contributed by atoms with Gasteiger partial charge in [0.2, 0.25) is 0 Å². The summed E-state index contributed by atoms with van der Waals surface area (Å²) in [5, 5.41) is 8.41. The zero-order chi connectivity index (χ0) is 11.3. The van der Waals surface area contributed by atoms with Gasteiger partial charge in [-0.2, -0.15) is 0 Å². The molecule has 0 saturated carbocycles. The van der Waals surface area contributed by atoms with Gasteiger partial charge in [0.1, 0.15) is 5.75 Å². The molecule has 0 aliphatic carbocycles. The predicted molar refractivity (Wildman–Crippen MR) is 56.7 cm³/mol. The van der Waals surface area contributed by atoms with Gasteiger partial charge in [0.25, 0.3) is 0 Å². The van der Waals surface area contributed by atoms with Gasteiger partial charge in [-0.1, -0.05) is 0 Å². The van der Waals surface area contributed by atoms with Gasteiger partial charge in [-0.05, 0) is 32.1 Å². The molecule has 1 N–H and O–H groups in total. The van der Waals surface area contributed by atoms with Crippen LogP contribution in [0.3, 0.4) is 0 Å². The topological polar surface area (TPSA) is 59.4 Å². The summed E-state index contributed by atoms with van der Waals surface area (Å²) in [6.45, 7) is 3.86. The van der Waals surface area contributed by atoms with Crippen molar-refractivity contribution in [3.63, 3.8) is 0 Å². The Morgan fingerprint density at radius 3 is 2.73 bits per heavy atom. The summed E-state index contributed by atoms with van der Waals surface area (Å²) in [5.41, 5.74) is 0.591.